The first-order chi connectivity index (χ1) is 22.3. The van der Waals surface area contributed by atoms with Gasteiger partial charge in [-0.3, -0.25) is 4.90 Å². The summed E-state index contributed by atoms with van der Waals surface area (Å²) >= 11 is 7.93. The van der Waals surface area contributed by atoms with Crippen molar-refractivity contribution in [2.24, 2.45) is 5.92 Å². The molecule has 0 spiro atoms. The fourth-order valence-electron chi connectivity index (χ4n) is 7.84. The molecule has 9 nitrogen and oxygen atoms in total. The van der Waals surface area contributed by atoms with E-state index in [0.29, 0.717) is 18.8 Å². The molecule has 3 atom stereocenters. The maximum Gasteiger partial charge on any atom is 0.319 e. The molecule has 240 valence electrons. The summed E-state index contributed by atoms with van der Waals surface area (Å²) in [7, 11) is 0. The molecule has 14 heteroatoms. The predicted octanol–water partition coefficient (Wildman–Crippen LogP) is 6.02. The highest BCUT2D eigenvalue weighted by atomic mass is 35.5. The topological polar surface area (TPSA) is 121 Å². The number of rotatable bonds is 5. The van der Waals surface area contributed by atoms with Gasteiger partial charge in [0.1, 0.15) is 47.6 Å². The fraction of sp³-hybridized carbons (Fsp3) is 0.469. The van der Waals surface area contributed by atoms with E-state index in [9.17, 15) is 14.0 Å². The zero-order valence-electron chi connectivity index (χ0n) is 24.8. The van der Waals surface area contributed by atoms with Gasteiger partial charge in [0.2, 0.25) is 0 Å². The number of nitrogens with one attached hydrogen (secondary N) is 2. The summed E-state index contributed by atoms with van der Waals surface area (Å²) in [6.07, 6.45) is 2.99. The first-order valence-electron chi connectivity index (χ1n) is 15.5. The van der Waals surface area contributed by atoms with Gasteiger partial charge in [-0.15, -0.1) is 11.3 Å². The summed E-state index contributed by atoms with van der Waals surface area (Å²) in [5.74, 6) is -0.603. The van der Waals surface area contributed by atoms with Crippen LogP contribution in [0.3, 0.4) is 0 Å². The Morgan fingerprint density at radius 3 is 2.87 bits per heavy atom. The number of ether oxygens (including phenoxy) is 2. The number of benzene rings is 2. The van der Waals surface area contributed by atoms with E-state index in [2.05, 4.69) is 20.5 Å². The maximum atomic E-state index is 17.0. The molecule has 0 amide bonds. The molecule has 2 aromatic heterocycles. The second-order valence-corrected chi connectivity index (χ2v) is 14.1. The van der Waals surface area contributed by atoms with E-state index in [-0.39, 0.29) is 84.6 Å². The number of piperidine rings is 1. The van der Waals surface area contributed by atoms with Crippen LogP contribution < -0.4 is 25.8 Å². The molecule has 46 heavy (non-hydrogen) atoms. The summed E-state index contributed by atoms with van der Waals surface area (Å²) in [5.41, 5.74) is 5.69. The Labute approximate surface area is 271 Å². The standard InChI is InChI=1S/C32H31ClF3N7O2S/c33-24-22(17-2-3-19(35)28-21(17)18(11-37)29(38)46-28)25(36)26-23-27(24)44-13-20(15-4-7-39-8-5-15)40-30(23)42-31(41-26)45-14-32-6-1-9-43(32)12-16(34)10-32/h2-3,15-16,20,39H,1,4-10,12-14,38H2,(H,40,41,42)/t16-,20?,32?/m1/s1. The van der Waals surface area contributed by atoms with Crippen LogP contribution in [0.15, 0.2) is 12.1 Å². The van der Waals surface area contributed by atoms with Crippen LogP contribution in [0, 0.1) is 28.9 Å². The first kappa shape index (κ1) is 29.8. The molecule has 4 aliphatic heterocycles. The number of anilines is 2. The van der Waals surface area contributed by atoms with Crippen LogP contribution in [0.2, 0.25) is 5.02 Å². The zero-order chi connectivity index (χ0) is 31.7. The number of nitrogens with zero attached hydrogens (tertiary/aromatic N) is 4. The van der Waals surface area contributed by atoms with Crippen LogP contribution >= 0.6 is 22.9 Å². The SMILES string of the molecule is N#Cc1c(N)sc2c(F)ccc(-c3c(Cl)c4c5c(nc(OCC67CCCN6C[C@H](F)C7)nc5c3F)NC(C3CCNCC3)CO4)c12. The van der Waals surface area contributed by atoms with E-state index in [1.165, 1.54) is 12.1 Å². The molecule has 3 fully saturated rings. The van der Waals surface area contributed by atoms with Gasteiger partial charge in [0.05, 0.1) is 32.3 Å². The van der Waals surface area contributed by atoms with Gasteiger partial charge in [0.25, 0.3) is 0 Å². The normalized spacial score (nSPS) is 24.8. The molecule has 8 rings (SSSR count). The van der Waals surface area contributed by atoms with E-state index >= 15 is 4.39 Å². The molecule has 4 N–H and O–H groups in total. The summed E-state index contributed by atoms with van der Waals surface area (Å²) in [6, 6.07) is 4.42. The minimum Gasteiger partial charge on any atom is -0.489 e. The third-order valence-electron chi connectivity index (χ3n) is 10.1. The van der Waals surface area contributed by atoms with Crippen molar-refractivity contribution in [3.63, 3.8) is 0 Å². The fourth-order valence-corrected chi connectivity index (χ4v) is 9.12. The number of alkyl halides is 1. The second kappa shape index (κ2) is 11.3. The zero-order valence-corrected chi connectivity index (χ0v) is 26.3. The van der Waals surface area contributed by atoms with Crippen molar-refractivity contribution >= 4 is 54.7 Å². The van der Waals surface area contributed by atoms with Crippen LogP contribution in [0.1, 0.15) is 37.7 Å². The highest BCUT2D eigenvalue weighted by Crippen LogP contribution is 2.51. The van der Waals surface area contributed by atoms with E-state index in [1.807, 2.05) is 6.07 Å². The average Bonchev–Trinajstić information content (AvgIpc) is 3.65. The molecule has 0 bridgehead atoms. The molecule has 4 aliphatic rings. The Balaban J connectivity index is 1.30. The lowest BCUT2D eigenvalue weighted by molar-refractivity contribution is 0.107. The molecule has 0 saturated carbocycles. The Kier molecular flexibility index (Phi) is 7.32. The van der Waals surface area contributed by atoms with E-state index < -0.39 is 23.3 Å². The quantitative estimate of drug-likeness (QED) is 0.234. The van der Waals surface area contributed by atoms with Crippen LogP contribution in [0.25, 0.3) is 32.1 Å². The van der Waals surface area contributed by atoms with Crippen LogP contribution in [0.5, 0.6) is 11.8 Å². The Morgan fingerprint density at radius 2 is 2.07 bits per heavy atom. The van der Waals surface area contributed by atoms with Gasteiger partial charge >= 0.3 is 6.01 Å². The van der Waals surface area contributed by atoms with Crippen molar-refractivity contribution in [3.8, 4) is 29.0 Å². The van der Waals surface area contributed by atoms with Gasteiger partial charge in [-0.2, -0.15) is 15.2 Å². The van der Waals surface area contributed by atoms with Gasteiger partial charge in [0.15, 0.2) is 11.6 Å². The Bertz CT molecular complexity index is 1930. The number of nitrogen functional groups attached to an aromatic ring is 1. The Hall–Kier alpha value is -3.57. The molecular weight excluding hydrogens is 639 g/mol. The average molecular weight is 670 g/mol. The Morgan fingerprint density at radius 1 is 1.24 bits per heavy atom. The van der Waals surface area contributed by atoms with Gasteiger partial charge < -0.3 is 25.8 Å². The molecule has 2 unspecified atom stereocenters. The van der Waals surface area contributed by atoms with Crippen LogP contribution in [-0.4, -0.2) is 72.0 Å². The second-order valence-electron chi connectivity index (χ2n) is 12.7. The van der Waals surface area contributed by atoms with Gasteiger partial charge in [-0.05, 0) is 62.9 Å². The molecule has 6 heterocycles. The highest BCUT2D eigenvalue weighted by Gasteiger charge is 2.49. The summed E-state index contributed by atoms with van der Waals surface area (Å²) in [4.78, 5) is 11.4. The number of nitriles is 1. The smallest absolute Gasteiger partial charge is 0.319 e. The van der Waals surface area contributed by atoms with Crippen molar-refractivity contribution < 1.29 is 22.6 Å². The lowest BCUT2D eigenvalue weighted by Crippen LogP contribution is -2.43. The first-order valence-corrected chi connectivity index (χ1v) is 16.7. The number of thiophene rings is 1. The lowest BCUT2D eigenvalue weighted by Gasteiger charge is -2.31. The van der Waals surface area contributed by atoms with Crippen LogP contribution in [-0.2, 0) is 0 Å². The molecular formula is C32H31ClF3N7O2S. The number of aromatic nitrogens is 2. The number of hydrogen-bond donors (Lipinski definition) is 3. The van der Waals surface area contributed by atoms with E-state index in [0.717, 1.165) is 56.7 Å². The largest absolute Gasteiger partial charge is 0.489 e. The number of fused-ring (bicyclic) bond motifs is 2. The van der Waals surface area contributed by atoms with Crippen molar-refractivity contribution in [3.05, 3.63) is 34.4 Å². The minimum absolute atomic E-state index is 0.0417. The number of hydrogen-bond acceptors (Lipinski definition) is 10. The van der Waals surface area contributed by atoms with E-state index in [4.69, 9.17) is 31.8 Å². The lowest BCUT2D eigenvalue weighted by atomic mass is 9.90. The third-order valence-corrected chi connectivity index (χ3v) is 11.5. The predicted molar refractivity (Wildman–Crippen MR) is 171 cm³/mol. The maximum absolute atomic E-state index is 17.0. The summed E-state index contributed by atoms with van der Waals surface area (Å²) < 4.78 is 59.1. The van der Waals surface area contributed by atoms with Crippen molar-refractivity contribution in [2.45, 2.75) is 49.9 Å². The van der Waals surface area contributed by atoms with Gasteiger partial charge in [-0.1, -0.05) is 17.7 Å². The molecule has 2 aromatic carbocycles. The number of nitrogens with two attached hydrogens (primary N) is 1. The molecule has 4 aromatic rings. The van der Waals surface area contributed by atoms with Crippen molar-refractivity contribution in [2.75, 3.05) is 50.4 Å². The van der Waals surface area contributed by atoms with E-state index in [1.54, 1.807) is 0 Å². The third kappa shape index (κ3) is 4.64. The van der Waals surface area contributed by atoms with Gasteiger partial charge in [-0.25, -0.2) is 13.2 Å². The molecule has 3 saturated heterocycles. The summed E-state index contributed by atoms with van der Waals surface area (Å²) in [5, 5.41) is 17.3. The summed E-state index contributed by atoms with van der Waals surface area (Å²) in [6.45, 7) is 3.30. The number of halogens is 4. The minimum atomic E-state index is -0.933. The van der Waals surface area contributed by atoms with Crippen molar-refractivity contribution in [1.82, 2.24) is 20.2 Å². The van der Waals surface area contributed by atoms with Gasteiger partial charge in [0, 0.05) is 23.9 Å². The highest BCUT2D eigenvalue weighted by molar-refractivity contribution is 7.23. The monoisotopic (exact) mass is 669 g/mol. The van der Waals surface area contributed by atoms with Crippen molar-refractivity contribution in [1.29, 1.82) is 5.26 Å². The van der Waals surface area contributed by atoms with Crippen LogP contribution in [0.4, 0.5) is 24.0 Å². The molecule has 0 radical (unpaired) electrons. The molecule has 0 aliphatic carbocycles.